The monoisotopic (exact) mass is 453 g/mol. The van der Waals surface area contributed by atoms with E-state index in [-0.39, 0.29) is 5.97 Å². The Morgan fingerprint density at radius 1 is 1.24 bits per heavy atom. The SMILES string of the molecule is COC(=O)c1cc(-c2ncccc2-c2cnn(CC3CCCC3)c2)ccc1CBr. The van der Waals surface area contributed by atoms with E-state index >= 15 is 0 Å². The van der Waals surface area contributed by atoms with Gasteiger partial charge in [-0.1, -0.05) is 47.0 Å². The molecule has 150 valence electrons. The second-order valence-electron chi connectivity index (χ2n) is 7.50. The highest BCUT2D eigenvalue weighted by Gasteiger charge is 2.18. The second-order valence-corrected chi connectivity index (χ2v) is 8.06. The Bertz CT molecular complexity index is 1010. The summed E-state index contributed by atoms with van der Waals surface area (Å²) in [6, 6.07) is 9.78. The van der Waals surface area contributed by atoms with Crippen molar-refractivity contribution in [3.63, 3.8) is 0 Å². The van der Waals surface area contributed by atoms with Crippen molar-refractivity contribution < 1.29 is 9.53 Å². The predicted molar refractivity (Wildman–Crippen MR) is 117 cm³/mol. The number of esters is 1. The minimum atomic E-state index is -0.344. The van der Waals surface area contributed by atoms with Crippen LogP contribution in [0.2, 0.25) is 0 Å². The molecule has 29 heavy (non-hydrogen) atoms. The first-order valence-corrected chi connectivity index (χ1v) is 11.1. The van der Waals surface area contributed by atoms with Crippen LogP contribution in [0.1, 0.15) is 41.6 Å². The van der Waals surface area contributed by atoms with Gasteiger partial charge in [-0.15, -0.1) is 0 Å². The molecule has 2 heterocycles. The molecule has 0 spiro atoms. The van der Waals surface area contributed by atoms with Crippen LogP contribution in [-0.4, -0.2) is 27.8 Å². The maximum atomic E-state index is 12.2. The minimum absolute atomic E-state index is 0.344. The minimum Gasteiger partial charge on any atom is -0.465 e. The summed E-state index contributed by atoms with van der Waals surface area (Å²) in [5.41, 5.74) is 5.20. The Balaban J connectivity index is 1.69. The van der Waals surface area contributed by atoms with Gasteiger partial charge in [0, 0.05) is 41.0 Å². The van der Waals surface area contributed by atoms with Gasteiger partial charge in [0.15, 0.2) is 0 Å². The van der Waals surface area contributed by atoms with Crippen molar-refractivity contribution >= 4 is 21.9 Å². The summed E-state index contributed by atoms with van der Waals surface area (Å²) in [6.45, 7) is 0.974. The Morgan fingerprint density at radius 3 is 2.83 bits per heavy atom. The van der Waals surface area contributed by atoms with Gasteiger partial charge in [0.25, 0.3) is 0 Å². The molecule has 5 nitrogen and oxygen atoms in total. The zero-order chi connectivity index (χ0) is 20.2. The summed E-state index contributed by atoms with van der Waals surface area (Å²) < 4.78 is 7.01. The Labute approximate surface area is 179 Å². The lowest BCUT2D eigenvalue weighted by atomic mass is 9.98. The Morgan fingerprint density at radius 2 is 2.07 bits per heavy atom. The smallest absolute Gasteiger partial charge is 0.338 e. The molecule has 3 aromatic rings. The lowest BCUT2D eigenvalue weighted by Crippen LogP contribution is -2.07. The normalized spacial score (nSPS) is 14.3. The van der Waals surface area contributed by atoms with Gasteiger partial charge in [-0.2, -0.15) is 5.10 Å². The average molecular weight is 454 g/mol. The maximum Gasteiger partial charge on any atom is 0.338 e. The number of nitrogens with zero attached hydrogens (tertiary/aromatic N) is 3. The topological polar surface area (TPSA) is 57.0 Å². The fourth-order valence-corrected chi connectivity index (χ4v) is 4.56. The van der Waals surface area contributed by atoms with E-state index in [4.69, 9.17) is 4.74 Å². The predicted octanol–water partition coefficient (Wildman–Crippen LogP) is 5.48. The highest BCUT2D eigenvalue weighted by atomic mass is 79.9. The van der Waals surface area contributed by atoms with Gasteiger partial charge in [0.1, 0.15) is 0 Å². The number of benzene rings is 1. The van der Waals surface area contributed by atoms with Crippen molar-refractivity contribution in [2.75, 3.05) is 7.11 Å². The summed E-state index contributed by atoms with van der Waals surface area (Å²) in [6.07, 6.45) is 11.0. The highest BCUT2D eigenvalue weighted by Crippen LogP contribution is 2.32. The van der Waals surface area contributed by atoms with E-state index in [0.717, 1.165) is 40.4 Å². The standard InChI is InChI=1S/C23H24BrN3O2/c1-29-23(28)21-11-17(8-9-18(21)12-24)22-20(7-4-10-25-22)19-13-26-27(15-19)14-16-5-2-3-6-16/h4,7-11,13,15-16H,2-3,5-6,12,14H2,1H3. The molecule has 0 N–H and O–H groups in total. The summed E-state index contributed by atoms with van der Waals surface area (Å²) >= 11 is 3.44. The number of hydrogen-bond acceptors (Lipinski definition) is 4. The van der Waals surface area contributed by atoms with E-state index in [1.165, 1.54) is 32.8 Å². The van der Waals surface area contributed by atoms with Crippen molar-refractivity contribution in [1.82, 2.24) is 14.8 Å². The van der Waals surface area contributed by atoms with E-state index in [1.54, 1.807) is 6.20 Å². The number of alkyl halides is 1. The van der Waals surface area contributed by atoms with Gasteiger partial charge in [0.05, 0.1) is 24.6 Å². The van der Waals surface area contributed by atoms with Crippen molar-refractivity contribution in [2.45, 2.75) is 37.6 Å². The van der Waals surface area contributed by atoms with Crippen molar-refractivity contribution in [2.24, 2.45) is 5.92 Å². The van der Waals surface area contributed by atoms with Crippen LogP contribution in [0.4, 0.5) is 0 Å². The molecule has 0 atom stereocenters. The van der Waals surface area contributed by atoms with Gasteiger partial charge < -0.3 is 4.74 Å². The molecule has 0 amide bonds. The fraction of sp³-hybridized carbons (Fsp3) is 0.348. The van der Waals surface area contributed by atoms with Gasteiger partial charge in [0.2, 0.25) is 0 Å². The average Bonchev–Trinajstić information content (AvgIpc) is 3.45. The number of aromatic nitrogens is 3. The van der Waals surface area contributed by atoms with Gasteiger partial charge in [-0.25, -0.2) is 4.79 Å². The van der Waals surface area contributed by atoms with Crippen LogP contribution in [0, 0.1) is 5.92 Å². The molecule has 2 aromatic heterocycles. The second kappa shape index (κ2) is 8.91. The lowest BCUT2D eigenvalue weighted by molar-refractivity contribution is 0.0600. The zero-order valence-corrected chi connectivity index (χ0v) is 18.1. The number of ether oxygens (including phenoxy) is 1. The van der Waals surface area contributed by atoms with Crippen LogP contribution in [0.15, 0.2) is 48.9 Å². The van der Waals surface area contributed by atoms with E-state index in [9.17, 15) is 4.79 Å². The van der Waals surface area contributed by atoms with Crippen LogP contribution in [0.5, 0.6) is 0 Å². The first-order valence-electron chi connectivity index (χ1n) is 9.95. The number of methoxy groups -OCH3 is 1. The molecule has 1 aliphatic rings. The Hall–Kier alpha value is -2.47. The van der Waals surface area contributed by atoms with Crippen molar-refractivity contribution in [3.8, 4) is 22.4 Å². The third-order valence-corrected chi connectivity index (χ3v) is 6.21. The van der Waals surface area contributed by atoms with E-state index < -0.39 is 0 Å². The molecule has 0 unspecified atom stereocenters. The van der Waals surface area contributed by atoms with Crippen molar-refractivity contribution in [1.29, 1.82) is 0 Å². The first-order chi connectivity index (χ1) is 14.2. The summed E-state index contributed by atoms with van der Waals surface area (Å²) in [4.78, 5) is 16.8. The molecule has 1 fully saturated rings. The van der Waals surface area contributed by atoms with E-state index in [1.807, 2.05) is 30.5 Å². The summed E-state index contributed by atoms with van der Waals surface area (Å²) in [7, 11) is 1.40. The largest absolute Gasteiger partial charge is 0.465 e. The third-order valence-electron chi connectivity index (χ3n) is 5.60. The molecular weight excluding hydrogens is 430 g/mol. The fourth-order valence-electron chi connectivity index (χ4n) is 4.07. The summed E-state index contributed by atoms with van der Waals surface area (Å²) in [5.74, 6) is 0.388. The van der Waals surface area contributed by atoms with Gasteiger partial charge >= 0.3 is 5.97 Å². The molecular formula is C23H24BrN3O2. The number of rotatable bonds is 6. The maximum absolute atomic E-state index is 12.2. The zero-order valence-electron chi connectivity index (χ0n) is 16.5. The lowest BCUT2D eigenvalue weighted by Gasteiger charge is -2.11. The molecule has 0 saturated heterocycles. The van der Waals surface area contributed by atoms with Crippen LogP contribution >= 0.6 is 15.9 Å². The van der Waals surface area contributed by atoms with Gasteiger partial charge in [-0.05, 0) is 36.5 Å². The molecule has 4 rings (SSSR count). The molecule has 0 aliphatic heterocycles. The molecule has 1 saturated carbocycles. The Kier molecular flexibility index (Phi) is 6.09. The van der Waals surface area contributed by atoms with Crippen LogP contribution < -0.4 is 0 Å². The van der Waals surface area contributed by atoms with Crippen LogP contribution in [0.25, 0.3) is 22.4 Å². The number of carbonyl (C=O) groups excluding carboxylic acids is 1. The number of carbonyl (C=O) groups is 1. The van der Waals surface area contributed by atoms with Crippen molar-refractivity contribution in [3.05, 3.63) is 60.0 Å². The molecule has 0 bridgehead atoms. The first kappa shape index (κ1) is 19.8. The number of pyridine rings is 1. The highest BCUT2D eigenvalue weighted by molar-refractivity contribution is 9.08. The number of halogens is 1. The van der Waals surface area contributed by atoms with Crippen LogP contribution in [-0.2, 0) is 16.6 Å². The van der Waals surface area contributed by atoms with E-state index in [0.29, 0.717) is 10.9 Å². The van der Waals surface area contributed by atoms with E-state index in [2.05, 4.69) is 43.0 Å². The summed E-state index contributed by atoms with van der Waals surface area (Å²) in [5, 5.41) is 5.17. The van der Waals surface area contributed by atoms with Gasteiger partial charge in [-0.3, -0.25) is 9.67 Å². The molecule has 1 aromatic carbocycles. The van der Waals surface area contributed by atoms with Crippen LogP contribution in [0.3, 0.4) is 0 Å². The molecule has 1 aliphatic carbocycles. The molecule has 6 heteroatoms. The third kappa shape index (κ3) is 4.27. The quantitative estimate of drug-likeness (QED) is 0.366. The number of hydrogen-bond donors (Lipinski definition) is 0. The molecule has 0 radical (unpaired) electrons.